The first-order valence-corrected chi connectivity index (χ1v) is 10.5. The Balaban J connectivity index is 1.28. The van der Waals surface area contributed by atoms with Gasteiger partial charge in [0.25, 0.3) is 11.8 Å². The predicted octanol–water partition coefficient (Wildman–Crippen LogP) is 0.958. The van der Waals surface area contributed by atoms with Crippen LogP contribution < -0.4 is 10.6 Å². The third-order valence-corrected chi connectivity index (χ3v) is 5.78. The number of imide groups is 1. The van der Waals surface area contributed by atoms with E-state index in [2.05, 4.69) is 20.9 Å². The molecule has 10 nitrogen and oxygen atoms in total. The third-order valence-electron chi connectivity index (χ3n) is 5.78. The van der Waals surface area contributed by atoms with Gasteiger partial charge in [0.05, 0.1) is 18.4 Å². The lowest BCUT2D eigenvalue weighted by Crippen LogP contribution is -2.52. The van der Waals surface area contributed by atoms with E-state index in [0.29, 0.717) is 35.5 Å². The first kappa shape index (κ1) is 20.6. The molecule has 0 spiro atoms. The van der Waals surface area contributed by atoms with Crippen LogP contribution in [0, 0.1) is 0 Å². The number of carbonyl (C=O) groups excluding carboxylic acids is 4. The van der Waals surface area contributed by atoms with Crippen molar-refractivity contribution in [2.45, 2.75) is 32.0 Å². The molecule has 0 aliphatic carbocycles. The maximum atomic E-state index is 13.0. The molecule has 166 valence electrons. The van der Waals surface area contributed by atoms with Crippen LogP contribution in [0.25, 0.3) is 5.69 Å². The Labute approximate surface area is 188 Å². The summed E-state index contributed by atoms with van der Waals surface area (Å²) in [5.74, 6) is -1.21. The fourth-order valence-electron chi connectivity index (χ4n) is 4.05. The van der Waals surface area contributed by atoms with Gasteiger partial charge in [-0.3, -0.25) is 24.5 Å². The van der Waals surface area contributed by atoms with Crippen LogP contribution in [0.5, 0.6) is 0 Å². The van der Waals surface area contributed by atoms with Crippen molar-refractivity contribution in [2.24, 2.45) is 0 Å². The molecular formula is C23H20N6O4. The number of hydrogen-bond acceptors (Lipinski definition) is 6. The highest BCUT2D eigenvalue weighted by Gasteiger charge is 2.39. The van der Waals surface area contributed by atoms with E-state index >= 15 is 0 Å². The van der Waals surface area contributed by atoms with E-state index in [4.69, 9.17) is 0 Å². The standard InChI is InChI=1S/C23H20N6O4/c30-20-9-8-19(22(32)25-20)28-12-15-6-7-17(10-18(15)23(28)33)29-13-16(26-27-29)11-24-21(31)14-4-2-1-3-5-14/h1-7,10,13,19H,8-9,11-12H2,(H,24,31)(H,25,30,32). The summed E-state index contributed by atoms with van der Waals surface area (Å²) in [5.41, 5.74) is 3.06. The molecule has 0 bridgehead atoms. The fraction of sp³-hybridized carbons (Fsp3) is 0.217. The number of fused-ring (bicyclic) bond motifs is 1. The number of hydrogen-bond donors (Lipinski definition) is 2. The number of nitrogens with zero attached hydrogens (tertiary/aromatic N) is 4. The van der Waals surface area contributed by atoms with E-state index in [1.807, 2.05) is 18.2 Å². The maximum absolute atomic E-state index is 13.0. The minimum absolute atomic E-state index is 0.207. The van der Waals surface area contributed by atoms with E-state index in [1.54, 1.807) is 36.5 Å². The molecular weight excluding hydrogens is 424 g/mol. The van der Waals surface area contributed by atoms with Gasteiger partial charge in [-0.15, -0.1) is 5.10 Å². The van der Waals surface area contributed by atoms with Crippen molar-refractivity contribution < 1.29 is 19.2 Å². The number of rotatable bonds is 5. The van der Waals surface area contributed by atoms with E-state index < -0.39 is 11.9 Å². The molecule has 1 aromatic heterocycles. The zero-order chi connectivity index (χ0) is 22.9. The second-order valence-corrected chi connectivity index (χ2v) is 7.94. The largest absolute Gasteiger partial charge is 0.346 e. The van der Waals surface area contributed by atoms with Crippen LogP contribution in [0.3, 0.4) is 0 Å². The quantitative estimate of drug-likeness (QED) is 0.565. The normalized spacial score (nSPS) is 17.6. The first-order chi connectivity index (χ1) is 16.0. The van der Waals surface area contributed by atoms with Crippen molar-refractivity contribution in [3.05, 3.63) is 77.1 Å². The van der Waals surface area contributed by atoms with Gasteiger partial charge in [0.2, 0.25) is 11.8 Å². The smallest absolute Gasteiger partial charge is 0.255 e. The molecule has 0 radical (unpaired) electrons. The van der Waals surface area contributed by atoms with E-state index in [1.165, 1.54) is 9.58 Å². The zero-order valence-corrected chi connectivity index (χ0v) is 17.5. The summed E-state index contributed by atoms with van der Waals surface area (Å²) < 4.78 is 1.53. The Morgan fingerprint density at radius 1 is 1.12 bits per heavy atom. The molecule has 10 heteroatoms. The molecule has 3 heterocycles. The van der Waals surface area contributed by atoms with Gasteiger partial charge in [0.1, 0.15) is 11.7 Å². The minimum atomic E-state index is -0.655. The predicted molar refractivity (Wildman–Crippen MR) is 115 cm³/mol. The highest BCUT2D eigenvalue weighted by molar-refractivity contribution is 6.05. The summed E-state index contributed by atoms with van der Waals surface area (Å²) in [4.78, 5) is 50.3. The van der Waals surface area contributed by atoms with Crippen molar-refractivity contribution in [1.29, 1.82) is 0 Å². The second kappa shape index (κ2) is 8.30. The lowest BCUT2D eigenvalue weighted by atomic mass is 10.0. The number of benzene rings is 2. The molecule has 2 N–H and O–H groups in total. The lowest BCUT2D eigenvalue weighted by Gasteiger charge is -2.29. The number of piperidine rings is 1. The average Bonchev–Trinajstić information content (AvgIpc) is 3.43. The Kier molecular flexibility index (Phi) is 5.17. The molecule has 2 aromatic carbocycles. The van der Waals surface area contributed by atoms with Gasteiger partial charge in [-0.1, -0.05) is 29.5 Å². The number of aromatic nitrogens is 3. The highest BCUT2D eigenvalue weighted by atomic mass is 16.2. The Morgan fingerprint density at radius 3 is 2.73 bits per heavy atom. The Morgan fingerprint density at radius 2 is 1.94 bits per heavy atom. The average molecular weight is 444 g/mol. The van der Waals surface area contributed by atoms with Crippen molar-refractivity contribution in [3.8, 4) is 5.69 Å². The van der Waals surface area contributed by atoms with Crippen LogP contribution in [-0.4, -0.2) is 49.6 Å². The Bertz CT molecular complexity index is 1270. The van der Waals surface area contributed by atoms with Gasteiger partial charge in [0, 0.05) is 24.1 Å². The van der Waals surface area contributed by atoms with E-state index in [-0.39, 0.29) is 30.7 Å². The molecule has 4 amide bonds. The molecule has 33 heavy (non-hydrogen) atoms. The molecule has 2 aliphatic rings. The van der Waals surface area contributed by atoms with Crippen molar-refractivity contribution in [3.63, 3.8) is 0 Å². The van der Waals surface area contributed by atoms with Crippen LogP contribution in [0.4, 0.5) is 0 Å². The maximum Gasteiger partial charge on any atom is 0.255 e. The minimum Gasteiger partial charge on any atom is -0.346 e. The van der Waals surface area contributed by atoms with Gasteiger partial charge in [-0.2, -0.15) is 0 Å². The number of carbonyl (C=O) groups is 4. The van der Waals surface area contributed by atoms with Gasteiger partial charge < -0.3 is 10.2 Å². The molecule has 1 fully saturated rings. The van der Waals surface area contributed by atoms with Crippen molar-refractivity contribution >= 4 is 23.6 Å². The molecule has 0 saturated carbocycles. The monoisotopic (exact) mass is 444 g/mol. The van der Waals surface area contributed by atoms with E-state index in [0.717, 1.165) is 5.56 Å². The molecule has 1 atom stereocenters. The van der Waals surface area contributed by atoms with Gasteiger partial charge in [-0.05, 0) is 36.2 Å². The SMILES string of the molecule is O=C1CCC(N2Cc3ccc(-n4cc(CNC(=O)c5ccccc5)nn4)cc3C2=O)C(=O)N1. The van der Waals surface area contributed by atoms with Crippen molar-refractivity contribution in [2.75, 3.05) is 0 Å². The lowest BCUT2D eigenvalue weighted by molar-refractivity contribution is -0.136. The van der Waals surface area contributed by atoms with Crippen molar-refractivity contribution in [1.82, 2.24) is 30.5 Å². The van der Waals surface area contributed by atoms with Crippen LogP contribution in [0.1, 0.15) is 44.8 Å². The molecule has 1 unspecified atom stereocenters. The molecule has 1 saturated heterocycles. The van der Waals surface area contributed by atoms with Crippen LogP contribution in [-0.2, 0) is 22.7 Å². The molecule has 2 aliphatic heterocycles. The summed E-state index contributed by atoms with van der Waals surface area (Å²) in [6.45, 7) is 0.524. The van der Waals surface area contributed by atoms with Gasteiger partial charge in [0.15, 0.2) is 0 Å². The first-order valence-electron chi connectivity index (χ1n) is 10.5. The zero-order valence-electron chi connectivity index (χ0n) is 17.5. The summed E-state index contributed by atoms with van der Waals surface area (Å²) in [6, 6.07) is 13.6. The summed E-state index contributed by atoms with van der Waals surface area (Å²) in [6.07, 6.45) is 2.22. The number of amides is 4. The fourth-order valence-corrected chi connectivity index (χ4v) is 4.05. The molecule has 3 aromatic rings. The topological polar surface area (TPSA) is 126 Å². The van der Waals surface area contributed by atoms with Crippen LogP contribution in [0.2, 0.25) is 0 Å². The van der Waals surface area contributed by atoms with Gasteiger partial charge >= 0.3 is 0 Å². The van der Waals surface area contributed by atoms with Crippen LogP contribution in [0.15, 0.2) is 54.7 Å². The van der Waals surface area contributed by atoms with Crippen LogP contribution >= 0.6 is 0 Å². The van der Waals surface area contributed by atoms with E-state index in [9.17, 15) is 19.2 Å². The Hall–Kier alpha value is -4.34. The highest BCUT2D eigenvalue weighted by Crippen LogP contribution is 2.29. The summed E-state index contributed by atoms with van der Waals surface area (Å²) in [7, 11) is 0. The molecule has 5 rings (SSSR count). The second-order valence-electron chi connectivity index (χ2n) is 7.94. The summed E-state index contributed by atoms with van der Waals surface area (Å²) in [5, 5.41) is 13.3. The van der Waals surface area contributed by atoms with Gasteiger partial charge in [-0.25, -0.2) is 4.68 Å². The summed E-state index contributed by atoms with van der Waals surface area (Å²) >= 11 is 0. The number of nitrogens with one attached hydrogen (secondary N) is 2. The third kappa shape index (κ3) is 3.98.